The van der Waals surface area contributed by atoms with Gasteiger partial charge in [0.2, 0.25) is 5.91 Å². The van der Waals surface area contributed by atoms with Crippen LogP contribution in [0.4, 0.5) is 28.6 Å². The average Bonchev–Trinajstić information content (AvgIpc) is 3.09. The van der Waals surface area contributed by atoms with Gasteiger partial charge in [-0.15, -0.1) is 0 Å². The van der Waals surface area contributed by atoms with E-state index in [0.29, 0.717) is 78.2 Å². The van der Waals surface area contributed by atoms with Crippen molar-refractivity contribution in [2.24, 2.45) is 0 Å². The first-order valence-corrected chi connectivity index (χ1v) is 13.4. The molecule has 1 saturated heterocycles. The van der Waals surface area contributed by atoms with Gasteiger partial charge in [-0.1, -0.05) is 25.3 Å². The van der Waals surface area contributed by atoms with Crippen molar-refractivity contribution < 1.29 is 19.1 Å². The van der Waals surface area contributed by atoms with Gasteiger partial charge in [-0.3, -0.25) is 19.3 Å². The molecule has 210 valence electrons. The van der Waals surface area contributed by atoms with E-state index in [9.17, 15) is 14.4 Å². The van der Waals surface area contributed by atoms with E-state index in [-0.39, 0.29) is 17.7 Å². The summed E-state index contributed by atoms with van der Waals surface area (Å²) >= 11 is 0. The van der Waals surface area contributed by atoms with Crippen molar-refractivity contribution in [3.63, 3.8) is 0 Å². The number of hydrogen-bond acceptors (Lipinski definition) is 7. The Labute approximate surface area is 239 Å². The number of fused-ring (bicyclic) bond motifs is 2. The minimum atomic E-state index is -0.217. The molecule has 10 heteroatoms. The molecule has 1 N–H and O–H groups in total. The molecule has 2 aliphatic rings. The van der Waals surface area contributed by atoms with Crippen molar-refractivity contribution in [1.82, 2.24) is 14.8 Å². The molecule has 3 aromatic rings. The highest BCUT2D eigenvalue weighted by atomic mass is 16.5. The number of amides is 3. The van der Waals surface area contributed by atoms with E-state index < -0.39 is 0 Å². The summed E-state index contributed by atoms with van der Waals surface area (Å²) in [6.07, 6.45) is 4.74. The van der Waals surface area contributed by atoms with Gasteiger partial charge in [0, 0.05) is 57.1 Å². The average molecular weight is 553 g/mol. The highest BCUT2D eigenvalue weighted by Crippen LogP contribution is 2.42. The number of rotatable bonds is 7. The maximum atomic E-state index is 13.3. The zero-order chi connectivity index (χ0) is 29.1. The Morgan fingerprint density at radius 3 is 2.34 bits per heavy atom. The van der Waals surface area contributed by atoms with E-state index in [4.69, 9.17) is 4.74 Å². The third-order valence-electron chi connectivity index (χ3n) is 7.16. The molecule has 0 unspecified atom stereocenters. The summed E-state index contributed by atoms with van der Waals surface area (Å²) < 4.78 is 5.90. The number of ether oxygens (including phenoxy) is 1. The number of pyridine rings is 1. The molecular weight excluding hydrogens is 520 g/mol. The van der Waals surface area contributed by atoms with Gasteiger partial charge in [-0.25, -0.2) is 4.98 Å². The summed E-state index contributed by atoms with van der Waals surface area (Å²) in [6.45, 7) is 13.6. The molecule has 1 fully saturated rings. The van der Waals surface area contributed by atoms with Crippen LogP contribution in [0, 0.1) is 0 Å². The quantitative estimate of drug-likeness (QED) is 0.445. The number of aromatic nitrogens is 1. The van der Waals surface area contributed by atoms with Gasteiger partial charge in [0.1, 0.15) is 11.6 Å². The van der Waals surface area contributed by atoms with Gasteiger partial charge in [-0.05, 0) is 37.3 Å². The number of nitrogens with one attached hydrogen (secondary N) is 1. The fourth-order valence-electron chi connectivity index (χ4n) is 5.07. The van der Waals surface area contributed by atoms with Crippen LogP contribution < -0.4 is 19.9 Å². The number of benzene rings is 2. The first-order valence-electron chi connectivity index (χ1n) is 13.4. The van der Waals surface area contributed by atoms with Crippen LogP contribution in [0.3, 0.4) is 0 Å². The number of para-hydroxylation sites is 1. The van der Waals surface area contributed by atoms with Crippen LogP contribution in [0.1, 0.15) is 34.6 Å². The van der Waals surface area contributed by atoms with E-state index in [1.165, 1.54) is 11.1 Å². The molecule has 3 heterocycles. The molecule has 41 heavy (non-hydrogen) atoms. The Morgan fingerprint density at radius 2 is 1.66 bits per heavy atom. The fraction of sp³-hybridized carbons (Fsp3) is 0.226. The molecule has 10 nitrogen and oxygen atoms in total. The number of nitrogens with zero attached hydrogens (tertiary/aromatic N) is 5. The van der Waals surface area contributed by atoms with E-state index in [0.717, 1.165) is 0 Å². The van der Waals surface area contributed by atoms with Gasteiger partial charge in [-0.2, -0.15) is 0 Å². The zero-order valence-electron chi connectivity index (χ0n) is 23.2. The Bertz CT molecular complexity index is 1530. The third-order valence-corrected chi connectivity index (χ3v) is 7.16. The number of carbonyl (C=O) groups is 3. The zero-order valence-corrected chi connectivity index (χ0v) is 23.2. The molecule has 0 atom stereocenters. The summed E-state index contributed by atoms with van der Waals surface area (Å²) in [5.74, 6) is 0.698. The van der Waals surface area contributed by atoms with Gasteiger partial charge in [0.25, 0.3) is 11.8 Å². The van der Waals surface area contributed by atoms with Crippen molar-refractivity contribution in [3.8, 4) is 5.75 Å². The molecule has 0 aliphatic carbocycles. The second-order valence-electron chi connectivity index (χ2n) is 9.55. The Kier molecular flexibility index (Phi) is 7.73. The largest absolute Gasteiger partial charge is 0.492 e. The van der Waals surface area contributed by atoms with Crippen molar-refractivity contribution in [1.29, 1.82) is 0 Å². The van der Waals surface area contributed by atoms with Crippen molar-refractivity contribution in [3.05, 3.63) is 91.4 Å². The highest BCUT2D eigenvalue weighted by Gasteiger charge is 2.30. The third kappa shape index (κ3) is 5.23. The van der Waals surface area contributed by atoms with Gasteiger partial charge < -0.3 is 24.8 Å². The topological polar surface area (TPSA) is 98.3 Å². The van der Waals surface area contributed by atoms with Crippen LogP contribution in [-0.2, 0) is 4.79 Å². The van der Waals surface area contributed by atoms with Crippen LogP contribution in [0.2, 0.25) is 0 Å². The van der Waals surface area contributed by atoms with E-state index in [1.54, 1.807) is 53.4 Å². The standard InChI is InChI=1S/C31H32N6O4/c1-5-36-25-11-9-8-10-23(25)31(40)37(6-2)27-20-32-29(19-26(27)36)33-24-13-12-22(18-28(24)41-7-3)30(39)35-16-14-34(15-17-35)21(4)38/h5-6,8-13,18-20H,1-2,7,14-17H2,3-4H3,(H,32,33). The second-order valence-corrected chi connectivity index (χ2v) is 9.55. The summed E-state index contributed by atoms with van der Waals surface area (Å²) in [5, 5.41) is 3.31. The monoisotopic (exact) mass is 552 g/mol. The van der Waals surface area contributed by atoms with E-state index in [2.05, 4.69) is 23.5 Å². The number of carbonyl (C=O) groups excluding carboxylic acids is 3. The van der Waals surface area contributed by atoms with Gasteiger partial charge in [0.15, 0.2) is 0 Å². The maximum Gasteiger partial charge on any atom is 0.264 e. The number of piperazine rings is 1. The minimum absolute atomic E-state index is 0.0155. The van der Waals surface area contributed by atoms with Crippen LogP contribution in [0.25, 0.3) is 0 Å². The normalized spacial score (nSPS) is 14.5. The first-order chi connectivity index (χ1) is 19.9. The molecule has 0 radical (unpaired) electrons. The summed E-state index contributed by atoms with van der Waals surface area (Å²) in [6, 6.07) is 14.4. The minimum Gasteiger partial charge on any atom is -0.492 e. The molecule has 0 spiro atoms. The van der Waals surface area contributed by atoms with Gasteiger partial charge >= 0.3 is 0 Å². The van der Waals surface area contributed by atoms with E-state index >= 15 is 0 Å². The lowest BCUT2D eigenvalue weighted by molar-refractivity contribution is -0.130. The first kappa shape index (κ1) is 27.4. The molecule has 0 saturated carbocycles. The molecule has 2 aliphatic heterocycles. The Morgan fingerprint density at radius 1 is 0.951 bits per heavy atom. The lowest BCUT2D eigenvalue weighted by Crippen LogP contribution is -2.50. The predicted octanol–water partition coefficient (Wildman–Crippen LogP) is 4.91. The predicted molar refractivity (Wildman–Crippen MR) is 159 cm³/mol. The number of anilines is 5. The van der Waals surface area contributed by atoms with Crippen LogP contribution >= 0.6 is 0 Å². The van der Waals surface area contributed by atoms with Gasteiger partial charge in [0.05, 0.1) is 41.1 Å². The molecule has 1 aromatic heterocycles. The number of hydrogen-bond donors (Lipinski definition) is 1. The van der Waals surface area contributed by atoms with Crippen molar-refractivity contribution >= 4 is 46.3 Å². The second kappa shape index (κ2) is 11.5. The highest BCUT2D eigenvalue weighted by molar-refractivity contribution is 6.15. The Balaban J connectivity index is 1.45. The Hall–Kier alpha value is -5.12. The van der Waals surface area contributed by atoms with Crippen molar-refractivity contribution in [2.75, 3.05) is 47.9 Å². The summed E-state index contributed by atoms with van der Waals surface area (Å²) in [5.41, 5.74) is 3.58. The molecule has 2 aromatic carbocycles. The molecule has 3 amide bonds. The molecular formula is C31H32N6O4. The summed E-state index contributed by atoms with van der Waals surface area (Å²) in [7, 11) is 0. The smallest absolute Gasteiger partial charge is 0.264 e. The van der Waals surface area contributed by atoms with Crippen LogP contribution in [-0.4, -0.2) is 65.3 Å². The SMILES string of the molecule is C=CN1C(=O)c2ccccc2N(C=C)c2cc(Nc3ccc(C(=O)N4CCN(C(C)=O)CC4)cc3OCC)ncc21. The summed E-state index contributed by atoms with van der Waals surface area (Å²) in [4.78, 5) is 49.6. The lowest BCUT2D eigenvalue weighted by atomic mass is 10.1. The van der Waals surface area contributed by atoms with Crippen LogP contribution in [0.5, 0.6) is 5.75 Å². The van der Waals surface area contributed by atoms with Crippen molar-refractivity contribution in [2.45, 2.75) is 13.8 Å². The molecule has 5 rings (SSSR count). The van der Waals surface area contributed by atoms with E-state index in [1.807, 2.05) is 36.1 Å². The maximum absolute atomic E-state index is 13.3. The van der Waals surface area contributed by atoms with Crippen LogP contribution in [0.15, 0.2) is 80.3 Å². The lowest BCUT2D eigenvalue weighted by Gasteiger charge is -2.34. The fourth-order valence-corrected chi connectivity index (χ4v) is 5.07. The molecule has 0 bridgehead atoms.